The minimum Gasteiger partial charge on any atom is -0.480 e. The lowest BCUT2D eigenvalue weighted by molar-refractivity contribution is -0.138. The highest BCUT2D eigenvalue weighted by Gasteiger charge is 2.24. The first-order chi connectivity index (χ1) is 13.0. The zero-order valence-corrected chi connectivity index (χ0v) is 16.7. The van der Waals surface area contributed by atoms with Crippen molar-refractivity contribution in [2.45, 2.75) is 45.6 Å². The largest absolute Gasteiger partial charge is 0.480 e. The first-order valence-electron chi connectivity index (χ1n) is 9.88. The van der Waals surface area contributed by atoms with Gasteiger partial charge in [-0.15, -0.1) is 0 Å². The van der Waals surface area contributed by atoms with Gasteiger partial charge in [-0.3, -0.25) is 14.5 Å². The van der Waals surface area contributed by atoms with E-state index in [-0.39, 0.29) is 18.5 Å². The third-order valence-corrected chi connectivity index (χ3v) is 5.19. The molecule has 1 saturated heterocycles. The lowest BCUT2D eigenvalue weighted by atomic mass is 10.1. The molecule has 0 spiro atoms. The van der Waals surface area contributed by atoms with Crippen LogP contribution in [0.2, 0.25) is 0 Å². The molecule has 1 fully saturated rings. The molecular formula is C20H32N4O3. The highest BCUT2D eigenvalue weighted by Crippen LogP contribution is 2.18. The van der Waals surface area contributed by atoms with Crippen LogP contribution < -0.4 is 4.90 Å². The van der Waals surface area contributed by atoms with Crippen LogP contribution >= 0.6 is 0 Å². The lowest BCUT2D eigenvalue weighted by Gasteiger charge is -2.25. The van der Waals surface area contributed by atoms with E-state index in [2.05, 4.69) is 23.7 Å². The fraction of sp³-hybridized carbons (Fsp3) is 0.650. The third-order valence-electron chi connectivity index (χ3n) is 5.19. The Kier molecular flexibility index (Phi) is 8.03. The first kappa shape index (κ1) is 21.2. The molecule has 0 unspecified atom stereocenters. The lowest BCUT2D eigenvalue weighted by Crippen LogP contribution is -2.37. The van der Waals surface area contributed by atoms with Gasteiger partial charge in [0.1, 0.15) is 5.82 Å². The van der Waals surface area contributed by atoms with E-state index in [1.807, 2.05) is 29.0 Å². The standard InChI is InChI=1S/C20H32N4O3/c1-4-11-23(5-2)18-9-8-16(14-21-18)20(27)24-12-6-7-17(10-13-24)22(3)15-19(25)26/h8-9,14,17H,4-7,10-13,15H2,1-3H3,(H,25,26)/t17-/m1/s1. The number of likely N-dealkylation sites (tertiary alicyclic amines) is 1. The Morgan fingerprint density at radius 2 is 2.04 bits per heavy atom. The topological polar surface area (TPSA) is 77.0 Å². The molecule has 1 atom stereocenters. The number of hydrogen-bond acceptors (Lipinski definition) is 5. The number of amides is 1. The predicted molar refractivity (Wildman–Crippen MR) is 106 cm³/mol. The summed E-state index contributed by atoms with van der Waals surface area (Å²) in [6, 6.07) is 3.99. The molecular weight excluding hydrogens is 344 g/mol. The van der Waals surface area contributed by atoms with Gasteiger partial charge in [-0.2, -0.15) is 0 Å². The second-order valence-electron chi connectivity index (χ2n) is 7.17. The maximum Gasteiger partial charge on any atom is 0.317 e. The summed E-state index contributed by atoms with van der Waals surface area (Å²) in [6.07, 6.45) is 5.32. The minimum absolute atomic E-state index is 0.00845. The fourth-order valence-corrected chi connectivity index (χ4v) is 3.65. The number of rotatable bonds is 8. The van der Waals surface area contributed by atoms with Gasteiger partial charge in [0.2, 0.25) is 0 Å². The Hall–Kier alpha value is -2.15. The van der Waals surface area contributed by atoms with Gasteiger partial charge in [0.05, 0.1) is 12.1 Å². The number of anilines is 1. The molecule has 7 heteroatoms. The summed E-state index contributed by atoms with van der Waals surface area (Å²) in [6.45, 7) is 7.48. The molecule has 2 rings (SSSR count). The van der Waals surface area contributed by atoms with Crippen LogP contribution in [0.15, 0.2) is 18.3 Å². The van der Waals surface area contributed by atoms with E-state index in [4.69, 9.17) is 5.11 Å². The molecule has 0 saturated carbocycles. The summed E-state index contributed by atoms with van der Waals surface area (Å²) in [5.41, 5.74) is 0.614. The van der Waals surface area contributed by atoms with Crippen molar-refractivity contribution in [1.82, 2.24) is 14.8 Å². The maximum absolute atomic E-state index is 12.8. The second kappa shape index (κ2) is 10.3. The molecule has 150 valence electrons. The van der Waals surface area contributed by atoms with Gasteiger partial charge in [0, 0.05) is 38.4 Å². The van der Waals surface area contributed by atoms with Crippen LogP contribution in [0.25, 0.3) is 0 Å². The second-order valence-corrected chi connectivity index (χ2v) is 7.17. The van der Waals surface area contributed by atoms with Gasteiger partial charge in [0.25, 0.3) is 5.91 Å². The van der Waals surface area contributed by atoms with E-state index in [0.29, 0.717) is 18.7 Å². The van der Waals surface area contributed by atoms with Crippen molar-refractivity contribution in [2.75, 3.05) is 44.7 Å². The number of aromatic nitrogens is 1. The number of hydrogen-bond donors (Lipinski definition) is 1. The van der Waals surface area contributed by atoms with Crippen LogP contribution in [-0.4, -0.2) is 77.6 Å². The number of pyridine rings is 1. The van der Waals surface area contributed by atoms with Crippen LogP contribution in [-0.2, 0) is 4.79 Å². The first-order valence-corrected chi connectivity index (χ1v) is 9.88. The van der Waals surface area contributed by atoms with Crippen LogP contribution in [0, 0.1) is 0 Å². The van der Waals surface area contributed by atoms with Crippen molar-refractivity contribution < 1.29 is 14.7 Å². The quantitative estimate of drug-likeness (QED) is 0.750. The number of aliphatic carboxylic acids is 1. The number of carbonyl (C=O) groups excluding carboxylic acids is 1. The highest BCUT2D eigenvalue weighted by molar-refractivity contribution is 5.94. The fourth-order valence-electron chi connectivity index (χ4n) is 3.65. The molecule has 1 aromatic heterocycles. The SMILES string of the molecule is CCCN(CC)c1ccc(C(=O)N2CCC[C@@H](N(C)CC(=O)O)CC2)cn1. The van der Waals surface area contributed by atoms with Crippen LogP contribution in [0.5, 0.6) is 0 Å². The third kappa shape index (κ3) is 5.92. The Morgan fingerprint density at radius 3 is 2.63 bits per heavy atom. The van der Waals surface area contributed by atoms with Crippen molar-refractivity contribution >= 4 is 17.7 Å². The zero-order chi connectivity index (χ0) is 19.8. The van der Waals surface area contributed by atoms with Gasteiger partial charge in [-0.25, -0.2) is 4.98 Å². The molecule has 1 aliphatic rings. The summed E-state index contributed by atoms with van der Waals surface area (Å²) in [4.78, 5) is 34.2. The molecule has 1 amide bonds. The number of likely N-dealkylation sites (N-methyl/N-ethyl adjacent to an activating group) is 1. The molecule has 2 heterocycles. The van der Waals surface area contributed by atoms with Gasteiger partial charge in [-0.1, -0.05) is 6.92 Å². The maximum atomic E-state index is 12.8. The molecule has 1 aromatic rings. The monoisotopic (exact) mass is 376 g/mol. The summed E-state index contributed by atoms with van der Waals surface area (Å²) in [5, 5.41) is 8.97. The average molecular weight is 377 g/mol. The number of carboxylic acid groups (broad SMARTS) is 1. The molecule has 0 aromatic carbocycles. The molecule has 0 radical (unpaired) electrons. The van der Waals surface area contributed by atoms with E-state index < -0.39 is 5.97 Å². The Labute approximate surface area is 162 Å². The van der Waals surface area contributed by atoms with E-state index in [0.717, 1.165) is 44.6 Å². The van der Waals surface area contributed by atoms with Gasteiger partial charge < -0.3 is 14.9 Å². The van der Waals surface area contributed by atoms with E-state index in [1.165, 1.54) is 0 Å². The van der Waals surface area contributed by atoms with Gasteiger partial charge >= 0.3 is 5.97 Å². The number of carbonyl (C=O) groups is 2. The van der Waals surface area contributed by atoms with Gasteiger partial charge in [-0.05, 0) is 51.8 Å². The van der Waals surface area contributed by atoms with Crippen molar-refractivity contribution in [3.63, 3.8) is 0 Å². The average Bonchev–Trinajstić information content (AvgIpc) is 2.91. The highest BCUT2D eigenvalue weighted by atomic mass is 16.4. The number of nitrogens with zero attached hydrogens (tertiary/aromatic N) is 4. The summed E-state index contributed by atoms with van der Waals surface area (Å²) in [7, 11) is 1.84. The van der Waals surface area contributed by atoms with Crippen molar-refractivity contribution in [3.8, 4) is 0 Å². The predicted octanol–water partition coefficient (Wildman–Crippen LogP) is 2.33. The molecule has 0 aliphatic carbocycles. The summed E-state index contributed by atoms with van der Waals surface area (Å²) in [5.74, 6) is 0.0984. The summed E-state index contributed by atoms with van der Waals surface area (Å²) >= 11 is 0. The minimum atomic E-state index is -0.815. The Morgan fingerprint density at radius 1 is 1.26 bits per heavy atom. The summed E-state index contributed by atoms with van der Waals surface area (Å²) < 4.78 is 0. The normalized spacial score (nSPS) is 17.6. The molecule has 0 bridgehead atoms. The van der Waals surface area contributed by atoms with Crippen LogP contribution in [0.3, 0.4) is 0 Å². The van der Waals surface area contributed by atoms with E-state index in [1.54, 1.807) is 6.20 Å². The molecule has 1 N–H and O–H groups in total. The number of carboxylic acids is 1. The Bertz CT molecular complexity index is 620. The van der Waals surface area contributed by atoms with E-state index >= 15 is 0 Å². The van der Waals surface area contributed by atoms with Crippen molar-refractivity contribution in [1.29, 1.82) is 0 Å². The van der Waals surface area contributed by atoms with Gasteiger partial charge in [0.15, 0.2) is 0 Å². The molecule has 7 nitrogen and oxygen atoms in total. The molecule has 1 aliphatic heterocycles. The van der Waals surface area contributed by atoms with Crippen LogP contribution in [0.4, 0.5) is 5.82 Å². The van der Waals surface area contributed by atoms with Crippen molar-refractivity contribution in [3.05, 3.63) is 23.9 Å². The van der Waals surface area contributed by atoms with Crippen LogP contribution in [0.1, 0.15) is 49.9 Å². The molecule has 27 heavy (non-hydrogen) atoms. The van der Waals surface area contributed by atoms with E-state index in [9.17, 15) is 9.59 Å². The smallest absolute Gasteiger partial charge is 0.317 e. The zero-order valence-electron chi connectivity index (χ0n) is 16.7. The Balaban J connectivity index is 1.98. The van der Waals surface area contributed by atoms with Crippen molar-refractivity contribution in [2.24, 2.45) is 0 Å².